The predicted molar refractivity (Wildman–Crippen MR) is 77.4 cm³/mol. The van der Waals surface area contributed by atoms with Crippen molar-refractivity contribution in [2.45, 2.75) is 32.8 Å². The van der Waals surface area contributed by atoms with Crippen molar-refractivity contribution in [2.75, 3.05) is 0 Å². The van der Waals surface area contributed by atoms with Gasteiger partial charge in [0.05, 0.1) is 0 Å². The number of aryl methyl sites for hydroxylation is 1. The van der Waals surface area contributed by atoms with Crippen LogP contribution in [0.3, 0.4) is 0 Å². The maximum Gasteiger partial charge on any atom is 0.573 e. The molecular weight excluding hydrogens is 299 g/mol. The molecule has 21 heavy (non-hydrogen) atoms. The number of thiophene rings is 1. The Bertz CT molecular complexity index is 577. The van der Waals surface area contributed by atoms with Crippen LogP contribution < -0.4 is 10.1 Å². The predicted octanol–water partition coefficient (Wildman–Crippen LogP) is 4.81. The van der Waals surface area contributed by atoms with E-state index in [1.54, 1.807) is 23.5 Å². The number of halogens is 3. The highest BCUT2D eigenvalue weighted by Crippen LogP contribution is 2.24. The fraction of sp³-hybridized carbons (Fsp3) is 0.333. The molecule has 0 bridgehead atoms. The maximum absolute atomic E-state index is 12.1. The number of hydrogen-bond acceptors (Lipinski definition) is 3. The molecule has 1 unspecified atom stereocenters. The first-order valence-corrected chi connectivity index (χ1v) is 7.35. The van der Waals surface area contributed by atoms with Gasteiger partial charge in [-0.1, -0.05) is 12.1 Å². The Morgan fingerprint density at radius 1 is 1.19 bits per heavy atom. The van der Waals surface area contributed by atoms with Crippen molar-refractivity contribution < 1.29 is 17.9 Å². The Kier molecular flexibility index (Phi) is 4.90. The molecule has 2 rings (SSSR count). The van der Waals surface area contributed by atoms with Gasteiger partial charge < -0.3 is 10.1 Å². The molecule has 114 valence electrons. The zero-order valence-corrected chi connectivity index (χ0v) is 12.5. The summed E-state index contributed by atoms with van der Waals surface area (Å²) < 4.78 is 40.1. The van der Waals surface area contributed by atoms with Crippen molar-refractivity contribution in [2.24, 2.45) is 0 Å². The van der Waals surface area contributed by atoms with Crippen LogP contribution in [-0.2, 0) is 6.54 Å². The van der Waals surface area contributed by atoms with Gasteiger partial charge in [0.15, 0.2) is 0 Å². The van der Waals surface area contributed by atoms with E-state index in [4.69, 9.17) is 0 Å². The van der Waals surface area contributed by atoms with Gasteiger partial charge in [-0.2, -0.15) is 0 Å². The third-order valence-corrected chi connectivity index (χ3v) is 4.17. The Balaban J connectivity index is 1.93. The zero-order valence-electron chi connectivity index (χ0n) is 11.7. The van der Waals surface area contributed by atoms with Crippen LogP contribution in [0.4, 0.5) is 13.2 Å². The number of rotatable bonds is 5. The molecule has 2 aromatic rings. The Morgan fingerprint density at radius 3 is 2.38 bits per heavy atom. The summed E-state index contributed by atoms with van der Waals surface area (Å²) in [5, 5.41) is 5.40. The molecule has 1 aromatic heterocycles. The highest BCUT2D eigenvalue weighted by Gasteiger charge is 2.30. The number of alkyl halides is 3. The lowest BCUT2D eigenvalue weighted by molar-refractivity contribution is -0.274. The van der Waals surface area contributed by atoms with E-state index in [2.05, 4.69) is 23.0 Å². The van der Waals surface area contributed by atoms with Gasteiger partial charge in [0.2, 0.25) is 0 Å². The Labute approximate surface area is 125 Å². The van der Waals surface area contributed by atoms with Gasteiger partial charge in [-0.15, -0.1) is 24.5 Å². The first-order chi connectivity index (χ1) is 9.85. The summed E-state index contributed by atoms with van der Waals surface area (Å²) in [4.78, 5) is 1.26. The molecule has 0 saturated carbocycles. The largest absolute Gasteiger partial charge is 0.573 e. The minimum Gasteiger partial charge on any atom is -0.406 e. The average molecular weight is 315 g/mol. The van der Waals surface area contributed by atoms with Gasteiger partial charge in [0.1, 0.15) is 5.75 Å². The second-order valence-corrected chi connectivity index (χ2v) is 5.75. The fourth-order valence-electron chi connectivity index (χ4n) is 1.91. The van der Waals surface area contributed by atoms with Crippen LogP contribution in [-0.4, -0.2) is 6.36 Å². The van der Waals surface area contributed by atoms with Crippen LogP contribution in [0.5, 0.6) is 5.75 Å². The van der Waals surface area contributed by atoms with Crippen LogP contribution in [0, 0.1) is 6.92 Å². The van der Waals surface area contributed by atoms with E-state index in [0.717, 1.165) is 12.1 Å². The second-order valence-electron chi connectivity index (χ2n) is 4.75. The molecule has 1 atom stereocenters. The molecule has 0 fully saturated rings. The smallest absolute Gasteiger partial charge is 0.406 e. The maximum atomic E-state index is 12.1. The molecule has 2 nitrogen and oxygen atoms in total. The van der Waals surface area contributed by atoms with Crippen molar-refractivity contribution in [1.29, 1.82) is 0 Å². The topological polar surface area (TPSA) is 21.3 Å². The molecule has 1 heterocycles. The summed E-state index contributed by atoms with van der Waals surface area (Å²) in [6, 6.07) is 8.05. The number of nitrogens with one attached hydrogen (secondary N) is 1. The van der Waals surface area contributed by atoms with E-state index in [1.165, 1.54) is 22.6 Å². The number of benzene rings is 1. The minimum atomic E-state index is -4.65. The van der Waals surface area contributed by atoms with E-state index >= 15 is 0 Å². The van der Waals surface area contributed by atoms with E-state index in [9.17, 15) is 13.2 Å². The molecular formula is C15H16F3NOS. The van der Waals surface area contributed by atoms with Gasteiger partial charge in [-0.25, -0.2) is 0 Å². The lowest BCUT2D eigenvalue weighted by atomic mass is 10.1. The van der Waals surface area contributed by atoms with Crippen molar-refractivity contribution in [3.8, 4) is 5.75 Å². The SMILES string of the molecule is Cc1ccsc1CNC(C)c1ccc(OC(F)(F)F)cc1. The normalized spacial score (nSPS) is 13.2. The van der Waals surface area contributed by atoms with Gasteiger partial charge in [-0.3, -0.25) is 0 Å². The van der Waals surface area contributed by atoms with Crippen molar-refractivity contribution in [3.05, 3.63) is 51.7 Å². The van der Waals surface area contributed by atoms with Gasteiger partial charge in [-0.05, 0) is 48.6 Å². The quantitative estimate of drug-likeness (QED) is 0.855. The van der Waals surface area contributed by atoms with Crippen LogP contribution in [0.1, 0.15) is 29.0 Å². The lowest BCUT2D eigenvalue weighted by Gasteiger charge is -2.15. The minimum absolute atomic E-state index is 0.0476. The van der Waals surface area contributed by atoms with E-state index in [0.29, 0.717) is 0 Å². The Hall–Kier alpha value is -1.53. The fourth-order valence-corrected chi connectivity index (χ4v) is 2.76. The van der Waals surface area contributed by atoms with Crippen molar-refractivity contribution >= 4 is 11.3 Å². The molecule has 0 aliphatic heterocycles. The summed E-state index contributed by atoms with van der Waals surface area (Å²) in [6.45, 7) is 4.77. The second kappa shape index (κ2) is 6.49. The molecule has 0 aliphatic rings. The van der Waals surface area contributed by atoms with Crippen molar-refractivity contribution in [1.82, 2.24) is 5.32 Å². The third kappa shape index (κ3) is 4.75. The summed E-state index contributed by atoms with van der Waals surface area (Å²) >= 11 is 1.69. The molecule has 0 saturated heterocycles. The van der Waals surface area contributed by atoms with Gasteiger partial charge in [0, 0.05) is 17.5 Å². The standard InChI is InChI=1S/C15H16F3NOS/c1-10-7-8-21-14(10)9-19-11(2)12-3-5-13(6-4-12)20-15(16,17)18/h3-8,11,19H,9H2,1-2H3. The summed E-state index contributed by atoms with van der Waals surface area (Å²) in [5.74, 6) is -0.201. The summed E-state index contributed by atoms with van der Waals surface area (Å²) in [6.07, 6.45) is -4.65. The molecule has 6 heteroatoms. The first-order valence-electron chi connectivity index (χ1n) is 6.47. The van der Waals surface area contributed by atoms with E-state index < -0.39 is 6.36 Å². The molecule has 0 amide bonds. The third-order valence-electron chi connectivity index (χ3n) is 3.15. The van der Waals surface area contributed by atoms with Crippen LogP contribution in [0.25, 0.3) is 0 Å². The number of ether oxygens (including phenoxy) is 1. The van der Waals surface area contributed by atoms with Crippen molar-refractivity contribution in [3.63, 3.8) is 0 Å². The highest BCUT2D eigenvalue weighted by atomic mass is 32.1. The van der Waals surface area contributed by atoms with E-state index in [1.807, 2.05) is 12.3 Å². The average Bonchev–Trinajstić information content (AvgIpc) is 2.80. The molecule has 1 aromatic carbocycles. The molecule has 0 aliphatic carbocycles. The van der Waals surface area contributed by atoms with Crippen LogP contribution >= 0.6 is 11.3 Å². The van der Waals surface area contributed by atoms with Gasteiger partial charge in [0.25, 0.3) is 0 Å². The number of hydrogen-bond donors (Lipinski definition) is 1. The van der Waals surface area contributed by atoms with Crippen LogP contribution in [0.15, 0.2) is 35.7 Å². The first kappa shape index (κ1) is 15.9. The Morgan fingerprint density at radius 2 is 1.86 bits per heavy atom. The van der Waals surface area contributed by atoms with Gasteiger partial charge >= 0.3 is 6.36 Å². The molecule has 0 spiro atoms. The highest BCUT2D eigenvalue weighted by molar-refractivity contribution is 7.10. The monoisotopic (exact) mass is 315 g/mol. The molecule has 0 radical (unpaired) electrons. The zero-order chi connectivity index (χ0) is 15.5. The van der Waals surface area contributed by atoms with Crippen LogP contribution in [0.2, 0.25) is 0 Å². The molecule has 1 N–H and O–H groups in total. The summed E-state index contributed by atoms with van der Waals surface area (Å²) in [7, 11) is 0. The summed E-state index contributed by atoms with van der Waals surface area (Å²) in [5.41, 5.74) is 2.16. The lowest BCUT2D eigenvalue weighted by Crippen LogP contribution is -2.18. The van der Waals surface area contributed by atoms with E-state index in [-0.39, 0.29) is 11.8 Å².